The fraction of sp³-hybridized carbons (Fsp3) is 0.375. The van der Waals surface area contributed by atoms with Gasteiger partial charge in [0.25, 0.3) is 0 Å². The average Bonchev–Trinajstić information content (AvgIpc) is 3.12. The SMILES string of the molecule is COc1ccc(C)c2sc(N3CC(Cn4ccnc4)C3)nc12. The lowest BCUT2D eigenvalue weighted by molar-refractivity contribution is 0.357. The molecule has 22 heavy (non-hydrogen) atoms. The van der Waals surface area contributed by atoms with Gasteiger partial charge in [-0.05, 0) is 18.6 Å². The van der Waals surface area contributed by atoms with E-state index in [1.165, 1.54) is 10.3 Å². The van der Waals surface area contributed by atoms with E-state index in [1.807, 2.05) is 24.8 Å². The van der Waals surface area contributed by atoms with Crippen molar-refractivity contribution in [1.29, 1.82) is 0 Å². The van der Waals surface area contributed by atoms with Gasteiger partial charge in [-0.3, -0.25) is 0 Å². The van der Waals surface area contributed by atoms with Crippen LogP contribution in [0, 0.1) is 12.8 Å². The molecule has 2 aromatic heterocycles. The van der Waals surface area contributed by atoms with Crippen LogP contribution in [0.5, 0.6) is 5.75 Å². The number of fused-ring (bicyclic) bond motifs is 1. The zero-order valence-corrected chi connectivity index (χ0v) is 13.5. The molecule has 1 fully saturated rings. The summed E-state index contributed by atoms with van der Waals surface area (Å²) in [6, 6.07) is 4.10. The Morgan fingerprint density at radius 2 is 2.23 bits per heavy atom. The van der Waals surface area contributed by atoms with Gasteiger partial charge < -0.3 is 14.2 Å². The zero-order chi connectivity index (χ0) is 15.1. The van der Waals surface area contributed by atoms with E-state index in [9.17, 15) is 0 Å². The quantitative estimate of drug-likeness (QED) is 0.742. The zero-order valence-electron chi connectivity index (χ0n) is 12.7. The minimum atomic E-state index is 0.671. The van der Waals surface area contributed by atoms with Crippen molar-refractivity contribution in [2.24, 2.45) is 5.92 Å². The highest BCUT2D eigenvalue weighted by Gasteiger charge is 2.29. The number of thiazole rings is 1. The maximum atomic E-state index is 5.43. The molecule has 5 nitrogen and oxygen atoms in total. The summed E-state index contributed by atoms with van der Waals surface area (Å²) in [4.78, 5) is 11.2. The van der Waals surface area contributed by atoms with Crippen LogP contribution in [-0.2, 0) is 6.54 Å². The molecule has 114 valence electrons. The van der Waals surface area contributed by atoms with Crippen molar-refractivity contribution >= 4 is 26.7 Å². The van der Waals surface area contributed by atoms with Crippen LogP contribution in [0.15, 0.2) is 30.9 Å². The van der Waals surface area contributed by atoms with E-state index < -0.39 is 0 Å². The Hall–Kier alpha value is -2.08. The molecular weight excluding hydrogens is 296 g/mol. The number of hydrogen-bond donors (Lipinski definition) is 0. The van der Waals surface area contributed by atoms with Crippen molar-refractivity contribution in [2.45, 2.75) is 13.5 Å². The molecule has 0 atom stereocenters. The maximum Gasteiger partial charge on any atom is 0.186 e. The second-order valence-electron chi connectivity index (χ2n) is 5.79. The highest BCUT2D eigenvalue weighted by molar-refractivity contribution is 7.22. The van der Waals surface area contributed by atoms with Crippen LogP contribution in [0.4, 0.5) is 5.13 Å². The summed E-state index contributed by atoms with van der Waals surface area (Å²) in [7, 11) is 1.70. The highest BCUT2D eigenvalue weighted by Crippen LogP contribution is 2.38. The Labute approximate surface area is 133 Å². The van der Waals surface area contributed by atoms with Gasteiger partial charge in [-0.2, -0.15) is 0 Å². The third-order valence-electron chi connectivity index (χ3n) is 4.17. The van der Waals surface area contributed by atoms with Gasteiger partial charge in [-0.25, -0.2) is 9.97 Å². The number of anilines is 1. The molecule has 6 heteroatoms. The van der Waals surface area contributed by atoms with Crippen molar-refractivity contribution in [2.75, 3.05) is 25.1 Å². The molecule has 1 aliphatic rings. The van der Waals surface area contributed by atoms with Crippen molar-refractivity contribution < 1.29 is 4.74 Å². The van der Waals surface area contributed by atoms with Gasteiger partial charge in [0.2, 0.25) is 0 Å². The third-order valence-corrected chi connectivity index (χ3v) is 5.42. The topological polar surface area (TPSA) is 43.2 Å². The van der Waals surface area contributed by atoms with Gasteiger partial charge in [0.1, 0.15) is 11.3 Å². The fourth-order valence-electron chi connectivity index (χ4n) is 2.93. The molecule has 1 aromatic carbocycles. The first kappa shape index (κ1) is 13.6. The van der Waals surface area contributed by atoms with Gasteiger partial charge in [-0.15, -0.1) is 0 Å². The first-order valence-electron chi connectivity index (χ1n) is 7.39. The van der Waals surface area contributed by atoms with Gasteiger partial charge in [0, 0.05) is 37.9 Å². The van der Waals surface area contributed by atoms with E-state index in [0.717, 1.165) is 36.0 Å². The second kappa shape index (κ2) is 5.28. The molecule has 3 heterocycles. The largest absolute Gasteiger partial charge is 0.494 e. The second-order valence-corrected chi connectivity index (χ2v) is 6.77. The summed E-state index contributed by atoms with van der Waals surface area (Å²) in [5, 5.41) is 1.10. The summed E-state index contributed by atoms with van der Waals surface area (Å²) < 4.78 is 8.81. The number of aryl methyl sites for hydroxylation is 1. The van der Waals surface area contributed by atoms with Crippen molar-refractivity contribution in [3.8, 4) is 5.75 Å². The average molecular weight is 314 g/mol. The van der Waals surface area contributed by atoms with E-state index in [-0.39, 0.29) is 0 Å². The van der Waals surface area contributed by atoms with Crippen LogP contribution in [0.3, 0.4) is 0 Å². The van der Waals surface area contributed by atoms with Crippen LogP contribution in [-0.4, -0.2) is 34.7 Å². The molecule has 0 amide bonds. The monoisotopic (exact) mass is 314 g/mol. The predicted molar refractivity (Wildman–Crippen MR) is 88.8 cm³/mol. The number of rotatable bonds is 4. The highest BCUT2D eigenvalue weighted by atomic mass is 32.1. The summed E-state index contributed by atoms with van der Waals surface area (Å²) in [6.45, 7) is 5.27. The van der Waals surface area contributed by atoms with Crippen LogP contribution in [0.2, 0.25) is 0 Å². The first-order chi connectivity index (χ1) is 10.7. The lowest BCUT2D eigenvalue weighted by Crippen LogP contribution is -2.48. The summed E-state index contributed by atoms with van der Waals surface area (Å²) >= 11 is 1.76. The van der Waals surface area contributed by atoms with Crippen LogP contribution in [0.1, 0.15) is 5.56 Å². The number of aromatic nitrogens is 3. The molecule has 0 spiro atoms. The molecule has 0 radical (unpaired) electrons. The van der Waals surface area contributed by atoms with Gasteiger partial charge in [0.15, 0.2) is 5.13 Å². The van der Waals surface area contributed by atoms with Crippen LogP contribution < -0.4 is 9.64 Å². The van der Waals surface area contributed by atoms with Crippen molar-refractivity contribution in [3.63, 3.8) is 0 Å². The van der Waals surface area contributed by atoms with Crippen molar-refractivity contribution in [1.82, 2.24) is 14.5 Å². The summed E-state index contributed by atoms with van der Waals surface area (Å²) in [6.07, 6.45) is 5.74. The molecular formula is C16H18N4OS. The Morgan fingerprint density at radius 3 is 2.95 bits per heavy atom. The number of ether oxygens (including phenoxy) is 1. The molecule has 0 bridgehead atoms. The molecule has 0 N–H and O–H groups in total. The number of nitrogens with zero attached hydrogens (tertiary/aromatic N) is 4. The minimum Gasteiger partial charge on any atom is -0.494 e. The van der Waals surface area contributed by atoms with E-state index in [0.29, 0.717) is 5.92 Å². The molecule has 0 unspecified atom stereocenters. The standard InChI is InChI=1S/C16H18N4OS/c1-11-3-4-13(21-2)14-15(11)22-16(18-14)20-8-12(9-20)7-19-6-5-17-10-19/h3-6,10,12H,7-9H2,1-2H3. The van der Waals surface area contributed by atoms with E-state index >= 15 is 0 Å². The third kappa shape index (κ3) is 2.23. The Kier molecular flexibility index (Phi) is 3.26. The van der Waals surface area contributed by atoms with Gasteiger partial charge >= 0.3 is 0 Å². The Balaban J connectivity index is 1.52. The van der Waals surface area contributed by atoms with Crippen molar-refractivity contribution in [3.05, 3.63) is 36.4 Å². The van der Waals surface area contributed by atoms with E-state index in [1.54, 1.807) is 18.4 Å². The minimum absolute atomic E-state index is 0.671. The summed E-state index contributed by atoms with van der Waals surface area (Å²) in [5.41, 5.74) is 2.25. The molecule has 4 rings (SSSR count). The number of methoxy groups -OCH3 is 1. The molecule has 3 aromatic rings. The van der Waals surface area contributed by atoms with Gasteiger partial charge in [0.05, 0.1) is 18.1 Å². The Bertz CT molecular complexity index is 790. The normalized spacial score (nSPS) is 15.3. The van der Waals surface area contributed by atoms with Crippen LogP contribution in [0.25, 0.3) is 10.2 Å². The molecule has 0 aliphatic carbocycles. The number of imidazole rings is 1. The maximum absolute atomic E-state index is 5.43. The fourth-order valence-corrected chi connectivity index (χ4v) is 4.00. The lowest BCUT2D eigenvalue weighted by atomic mass is 10.0. The molecule has 1 aliphatic heterocycles. The summed E-state index contributed by atoms with van der Waals surface area (Å²) in [5.74, 6) is 1.53. The van der Waals surface area contributed by atoms with E-state index in [4.69, 9.17) is 9.72 Å². The van der Waals surface area contributed by atoms with E-state index in [2.05, 4.69) is 27.4 Å². The lowest BCUT2D eigenvalue weighted by Gasteiger charge is -2.39. The number of benzene rings is 1. The predicted octanol–water partition coefficient (Wildman–Crippen LogP) is 2.95. The first-order valence-corrected chi connectivity index (χ1v) is 8.21. The Morgan fingerprint density at radius 1 is 1.36 bits per heavy atom. The number of hydrogen-bond acceptors (Lipinski definition) is 5. The smallest absolute Gasteiger partial charge is 0.186 e. The van der Waals surface area contributed by atoms with Crippen LogP contribution >= 0.6 is 11.3 Å². The molecule has 1 saturated heterocycles. The van der Waals surface area contributed by atoms with Gasteiger partial charge in [-0.1, -0.05) is 17.4 Å². The molecule has 0 saturated carbocycles.